The average Bonchev–Trinajstić information content (AvgIpc) is 2.98. The number of piperazine rings is 1. The normalized spacial score (nSPS) is 21.5. The summed E-state index contributed by atoms with van der Waals surface area (Å²) in [5.74, 6) is -0.193. The van der Waals surface area contributed by atoms with Gasteiger partial charge in [-0.25, -0.2) is 4.90 Å². The van der Waals surface area contributed by atoms with Crippen molar-refractivity contribution in [2.24, 2.45) is 0 Å². The lowest BCUT2D eigenvalue weighted by molar-refractivity contribution is -0.123. The molecule has 5 heteroatoms. The van der Waals surface area contributed by atoms with Crippen LogP contribution in [0.3, 0.4) is 0 Å². The van der Waals surface area contributed by atoms with Crippen molar-refractivity contribution in [2.45, 2.75) is 19.4 Å². The van der Waals surface area contributed by atoms with E-state index in [1.54, 1.807) is 0 Å². The zero-order valence-corrected chi connectivity index (χ0v) is 15.0. The molecule has 0 bridgehead atoms. The SMILES string of the molecule is Cc1ccc(N2C(=O)C[C@@H](N3CCN(c4ccccc4)CC3)C2=O)cc1. The molecule has 0 unspecified atom stereocenters. The molecule has 2 heterocycles. The number of imide groups is 1. The highest BCUT2D eigenvalue weighted by Crippen LogP contribution is 2.27. The summed E-state index contributed by atoms with van der Waals surface area (Å²) < 4.78 is 0. The smallest absolute Gasteiger partial charge is 0.251 e. The number of para-hydroxylation sites is 1. The molecular weight excluding hydrogens is 326 g/mol. The molecule has 2 aliphatic heterocycles. The van der Waals surface area contributed by atoms with Gasteiger partial charge in [0.15, 0.2) is 0 Å². The second-order valence-electron chi connectivity index (χ2n) is 6.98. The van der Waals surface area contributed by atoms with Crippen LogP contribution in [0.1, 0.15) is 12.0 Å². The largest absolute Gasteiger partial charge is 0.369 e. The van der Waals surface area contributed by atoms with Crippen molar-refractivity contribution < 1.29 is 9.59 Å². The van der Waals surface area contributed by atoms with Crippen LogP contribution in [-0.4, -0.2) is 48.9 Å². The standard InChI is InChI=1S/C21H23N3O2/c1-16-7-9-18(10-8-16)24-20(25)15-19(21(24)26)23-13-11-22(12-14-23)17-5-3-2-4-6-17/h2-10,19H,11-15H2,1H3/t19-/m1/s1. The molecular formula is C21H23N3O2. The van der Waals surface area contributed by atoms with Crippen LogP contribution in [-0.2, 0) is 9.59 Å². The third kappa shape index (κ3) is 3.10. The number of hydrogen-bond donors (Lipinski definition) is 0. The number of benzene rings is 2. The summed E-state index contributed by atoms with van der Waals surface area (Å²) in [5, 5.41) is 0. The molecule has 2 saturated heterocycles. The molecule has 0 aliphatic carbocycles. The summed E-state index contributed by atoms with van der Waals surface area (Å²) >= 11 is 0. The monoisotopic (exact) mass is 349 g/mol. The van der Waals surface area contributed by atoms with Crippen LogP contribution in [0, 0.1) is 6.92 Å². The number of rotatable bonds is 3. The number of carbonyl (C=O) groups is 2. The maximum absolute atomic E-state index is 12.9. The maximum Gasteiger partial charge on any atom is 0.251 e. The fourth-order valence-electron chi connectivity index (χ4n) is 3.80. The zero-order valence-electron chi connectivity index (χ0n) is 15.0. The topological polar surface area (TPSA) is 43.9 Å². The van der Waals surface area contributed by atoms with Crippen molar-refractivity contribution in [1.82, 2.24) is 4.90 Å². The highest BCUT2D eigenvalue weighted by Gasteiger charge is 2.43. The first kappa shape index (κ1) is 16.8. The minimum Gasteiger partial charge on any atom is -0.369 e. The Morgan fingerprint density at radius 2 is 1.46 bits per heavy atom. The van der Waals surface area contributed by atoms with Gasteiger partial charge in [-0.1, -0.05) is 35.9 Å². The Labute approximate surface area is 153 Å². The number of nitrogens with zero attached hydrogens (tertiary/aromatic N) is 3. The van der Waals surface area contributed by atoms with E-state index in [1.165, 1.54) is 10.6 Å². The Kier molecular flexibility index (Phi) is 4.47. The molecule has 0 spiro atoms. The Balaban J connectivity index is 1.44. The van der Waals surface area contributed by atoms with Gasteiger partial charge in [-0.3, -0.25) is 14.5 Å². The van der Waals surface area contributed by atoms with Crippen LogP contribution in [0.5, 0.6) is 0 Å². The van der Waals surface area contributed by atoms with Gasteiger partial charge in [0.2, 0.25) is 5.91 Å². The molecule has 2 amide bonds. The van der Waals surface area contributed by atoms with Gasteiger partial charge in [-0.15, -0.1) is 0 Å². The van der Waals surface area contributed by atoms with E-state index in [-0.39, 0.29) is 24.3 Å². The van der Waals surface area contributed by atoms with E-state index in [4.69, 9.17) is 0 Å². The van der Waals surface area contributed by atoms with Gasteiger partial charge in [0.05, 0.1) is 18.2 Å². The van der Waals surface area contributed by atoms with Crippen molar-refractivity contribution in [2.75, 3.05) is 36.0 Å². The summed E-state index contributed by atoms with van der Waals surface area (Å²) in [4.78, 5) is 31.2. The van der Waals surface area contributed by atoms with Crippen LogP contribution in [0.2, 0.25) is 0 Å². The van der Waals surface area contributed by atoms with E-state index < -0.39 is 0 Å². The fraction of sp³-hybridized carbons (Fsp3) is 0.333. The molecule has 0 N–H and O–H groups in total. The Morgan fingerprint density at radius 1 is 0.808 bits per heavy atom. The molecule has 5 nitrogen and oxygen atoms in total. The molecule has 0 saturated carbocycles. The lowest BCUT2D eigenvalue weighted by Gasteiger charge is -2.38. The second kappa shape index (κ2) is 6.92. The predicted octanol–water partition coefficient (Wildman–Crippen LogP) is 2.45. The fourth-order valence-corrected chi connectivity index (χ4v) is 3.80. The average molecular weight is 349 g/mol. The van der Waals surface area contributed by atoms with Gasteiger partial charge < -0.3 is 4.90 Å². The summed E-state index contributed by atoms with van der Waals surface area (Å²) in [6.07, 6.45) is 0.276. The summed E-state index contributed by atoms with van der Waals surface area (Å²) in [6, 6.07) is 17.5. The number of anilines is 2. The minimum atomic E-state index is -0.332. The third-order valence-electron chi connectivity index (χ3n) is 5.29. The van der Waals surface area contributed by atoms with Gasteiger partial charge in [0.1, 0.15) is 0 Å². The maximum atomic E-state index is 12.9. The third-order valence-corrected chi connectivity index (χ3v) is 5.29. The van der Waals surface area contributed by atoms with Crippen LogP contribution in [0.15, 0.2) is 54.6 Å². The van der Waals surface area contributed by atoms with Gasteiger partial charge in [-0.05, 0) is 31.2 Å². The molecule has 2 aromatic carbocycles. The van der Waals surface area contributed by atoms with Crippen molar-refractivity contribution in [3.63, 3.8) is 0 Å². The van der Waals surface area contributed by atoms with Gasteiger partial charge in [-0.2, -0.15) is 0 Å². The van der Waals surface area contributed by atoms with Crippen LogP contribution < -0.4 is 9.80 Å². The number of hydrogen-bond acceptors (Lipinski definition) is 4. The van der Waals surface area contributed by atoms with Crippen molar-refractivity contribution in [3.8, 4) is 0 Å². The van der Waals surface area contributed by atoms with Gasteiger partial charge in [0, 0.05) is 31.9 Å². The highest BCUT2D eigenvalue weighted by atomic mass is 16.2. The lowest BCUT2D eigenvalue weighted by atomic mass is 10.1. The van der Waals surface area contributed by atoms with Crippen molar-refractivity contribution >= 4 is 23.2 Å². The van der Waals surface area contributed by atoms with E-state index >= 15 is 0 Å². The Hall–Kier alpha value is -2.66. The first-order chi connectivity index (χ1) is 12.6. The quantitative estimate of drug-likeness (QED) is 0.799. The molecule has 134 valence electrons. The summed E-state index contributed by atoms with van der Waals surface area (Å²) in [7, 11) is 0. The molecule has 2 aliphatic rings. The minimum absolute atomic E-state index is 0.0907. The molecule has 4 rings (SSSR count). The van der Waals surface area contributed by atoms with Crippen LogP contribution in [0.25, 0.3) is 0 Å². The molecule has 26 heavy (non-hydrogen) atoms. The second-order valence-corrected chi connectivity index (χ2v) is 6.98. The number of amides is 2. The molecule has 2 fully saturated rings. The predicted molar refractivity (Wildman–Crippen MR) is 102 cm³/mol. The summed E-state index contributed by atoms with van der Waals surface area (Å²) in [6.45, 7) is 5.31. The first-order valence-corrected chi connectivity index (χ1v) is 9.11. The molecule has 0 aromatic heterocycles. The van der Waals surface area contributed by atoms with Crippen molar-refractivity contribution in [3.05, 3.63) is 60.2 Å². The molecule has 2 aromatic rings. The molecule has 1 atom stereocenters. The number of carbonyl (C=O) groups excluding carboxylic acids is 2. The Bertz CT molecular complexity index is 796. The van der Waals surface area contributed by atoms with Gasteiger partial charge in [0.25, 0.3) is 5.91 Å². The van der Waals surface area contributed by atoms with E-state index in [1.807, 2.05) is 49.4 Å². The van der Waals surface area contributed by atoms with E-state index in [0.717, 1.165) is 31.7 Å². The number of aryl methyl sites for hydroxylation is 1. The van der Waals surface area contributed by atoms with Crippen LogP contribution >= 0.6 is 0 Å². The Morgan fingerprint density at radius 3 is 2.12 bits per heavy atom. The summed E-state index contributed by atoms with van der Waals surface area (Å²) in [5.41, 5.74) is 3.00. The molecule has 0 radical (unpaired) electrons. The van der Waals surface area contributed by atoms with Crippen LogP contribution in [0.4, 0.5) is 11.4 Å². The highest BCUT2D eigenvalue weighted by molar-refractivity contribution is 6.22. The van der Waals surface area contributed by atoms with E-state index in [2.05, 4.69) is 21.9 Å². The van der Waals surface area contributed by atoms with E-state index in [0.29, 0.717) is 5.69 Å². The zero-order chi connectivity index (χ0) is 18.1. The lowest BCUT2D eigenvalue weighted by Crippen LogP contribution is -2.52. The van der Waals surface area contributed by atoms with Gasteiger partial charge >= 0.3 is 0 Å². The van der Waals surface area contributed by atoms with E-state index in [9.17, 15) is 9.59 Å². The van der Waals surface area contributed by atoms with Crippen molar-refractivity contribution in [1.29, 1.82) is 0 Å². The first-order valence-electron chi connectivity index (χ1n) is 9.11.